The molecule has 1 heterocycles. The number of nitrogens with two attached hydrogens (primary N) is 1. The number of nitrogen functional groups attached to an aromatic ring is 1. The van der Waals surface area contributed by atoms with Gasteiger partial charge in [-0.05, 0) is 22.4 Å². The van der Waals surface area contributed by atoms with E-state index in [-0.39, 0.29) is 0 Å². The first kappa shape index (κ1) is 11.0. The number of rotatable bonds is 4. The Labute approximate surface area is 91.8 Å². The summed E-state index contributed by atoms with van der Waals surface area (Å²) in [4.78, 5) is 8.14. The van der Waals surface area contributed by atoms with Crippen molar-refractivity contribution in [3.05, 3.63) is 22.8 Å². The van der Waals surface area contributed by atoms with Gasteiger partial charge in [0, 0.05) is 12.6 Å². The van der Waals surface area contributed by atoms with Crippen LogP contribution in [0.1, 0.15) is 13.3 Å². The lowest BCUT2D eigenvalue weighted by Crippen LogP contribution is -2.05. The van der Waals surface area contributed by atoms with Crippen LogP contribution in [0.3, 0.4) is 0 Å². The Morgan fingerprint density at radius 2 is 2.29 bits per heavy atom. The molecular formula is C9H13BrN4. The van der Waals surface area contributed by atoms with Crippen molar-refractivity contribution in [2.75, 3.05) is 17.6 Å². The molecule has 14 heavy (non-hydrogen) atoms. The van der Waals surface area contributed by atoms with Gasteiger partial charge in [0.1, 0.15) is 10.4 Å². The number of anilines is 2. The highest BCUT2D eigenvalue weighted by Gasteiger charge is 1.97. The van der Waals surface area contributed by atoms with Gasteiger partial charge >= 0.3 is 0 Å². The third kappa shape index (κ3) is 3.74. The zero-order valence-electron chi connectivity index (χ0n) is 8.00. The normalized spacial score (nSPS) is 10.7. The third-order valence-electron chi connectivity index (χ3n) is 1.50. The maximum Gasteiger partial charge on any atom is 0.225 e. The molecule has 0 saturated heterocycles. The molecule has 1 aromatic rings. The van der Waals surface area contributed by atoms with Crippen molar-refractivity contribution in [2.45, 2.75) is 13.3 Å². The van der Waals surface area contributed by atoms with Crippen LogP contribution < -0.4 is 11.1 Å². The summed E-state index contributed by atoms with van der Waals surface area (Å²) in [7, 11) is 0. The van der Waals surface area contributed by atoms with E-state index in [1.165, 1.54) is 0 Å². The second-order valence-electron chi connectivity index (χ2n) is 2.70. The van der Waals surface area contributed by atoms with E-state index in [4.69, 9.17) is 5.73 Å². The van der Waals surface area contributed by atoms with E-state index in [0.717, 1.165) is 6.42 Å². The molecule has 0 aliphatic rings. The van der Waals surface area contributed by atoms with Gasteiger partial charge in [-0.25, -0.2) is 4.98 Å². The predicted octanol–water partition coefficient (Wildman–Crippen LogP) is 2.20. The average molecular weight is 257 g/mol. The fourth-order valence-corrected chi connectivity index (χ4v) is 1.32. The number of nitrogens with zero attached hydrogens (tertiary/aromatic N) is 2. The van der Waals surface area contributed by atoms with Crippen LogP contribution in [-0.2, 0) is 0 Å². The van der Waals surface area contributed by atoms with Gasteiger partial charge < -0.3 is 11.1 Å². The Morgan fingerprint density at radius 1 is 1.50 bits per heavy atom. The van der Waals surface area contributed by atoms with Crippen LogP contribution in [0.15, 0.2) is 22.8 Å². The smallest absolute Gasteiger partial charge is 0.225 e. The largest absolute Gasteiger partial charge is 0.383 e. The molecule has 0 aromatic carbocycles. The zero-order valence-corrected chi connectivity index (χ0v) is 9.58. The molecule has 0 amide bonds. The van der Waals surface area contributed by atoms with Gasteiger partial charge in [-0.1, -0.05) is 19.1 Å². The Bertz CT molecular complexity index is 304. The van der Waals surface area contributed by atoms with Crippen molar-refractivity contribution in [3.8, 4) is 0 Å². The van der Waals surface area contributed by atoms with Crippen LogP contribution in [0, 0.1) is 0 Å². The first-order chi connectivity index (χ1) is 6.72. The fourth-order valence-electron chi connectivity index (χ4n) is 0.914. The van der Waals surface area contributed by atoms with Gasteiger partial charge in [0.25, 0.3) is 0 Å². The number of hydrogen-bond acceptors (Lipinski definition) is 4. The summed E-state index contributed by atoms with van der Waals surface area (Å²) in [6.45, 7) is 2.80. The van der Waals surface area contributed by atoms with Crippen LogP contribution in [0.25, 0.3) is 0 Å². The second kappa shape index (κ2) is 5.59. The van der Waals surface area contributed by atoms with Crippen molar-refractivity contribution < 1.29 is 0 Å². The molecule has 0 aliphatic carbocycles. The summed E-state index contributed by atoms with van der Waals surface area (Å²) in [5.41, 5.74) is 5.55. The van der Waals surface area contributed by atoms with Crippen molar-refractivity contribution >= 4 is 27.7 Å². The maximum absolute atomic E-state index is 5.55. The minimum absolute atomic E-state index is 0.453. The van der Waals surface area contributed by atoms with E-state index in [1.807, 2.05) is 6.08 Å². The highest BCUT2D eigenvalue weighted by Crippen LogP contribution is 2.11. The third-order valence-corrected chi connectivity index (χ3v) is 1.90. The first-order valence-electron chi connectivity index (χ1n) is 4.41. The van der Waals surface area contributed by atoms with Gasteiger partial charge in [-0.3, -0.25) is 0 Å². The lowest BCUT2D eigenvalue weighted by molar-refractivity contribution is 1.10. The van der Waals surface area contributed by atoms with Crippen LogP contribution in [-0.4, -0.2) is 16.5 Å². The Balaban J connectivity index is 2.54. The van der Waals surface area contributed by atoms with E-state index in [2.05, 4.69) is 44.2 Å². The molecular weight excluding hydrogens is 244 g/mol. The predicted molar refractivity (Wildman–Crippen MR) is 62.1 cm³/mol. The number of aromatic nitrogens is 2. The van der Waals surface area contributed by atoms with Gasteiger partial charge in [-0.15, -0.1) is 0 Å². The minimum Gasteiger partial charge on any atom is -0.383 e. The standard InChI is InChI=1S/C9H13BrN4/c1-2-3-4-5-12-9-13-7(10)6-8(11)14-9/h3-4,6H,2,5H2,1H3,(H3,11,12,13,14)/b4-3+. The van der Waals surface area contributed by atoms with Gasteiger partial charge in [0.2, 0.25) is 5.95 Å². The van der Waals surface area contributed by atoms with E-state index in [1.54, 1.807) is 6.07 Å². The van der Waals surface area contributed by atoms with E-state index >= 15 is 0 Å². The second-order valence-corrected chi connectivity index (χ2v) is 3.51. The van der Waals surface area contributed by atoms with E-state index in [9.17, 15) is 0 Å². The zero-order chi connectivity index (χ0) is 10.4. The molecule has 1 rings (SSSR count). The lowest BCUT2D eigenvalue weighted by Gasteiger charge is -2.02. The molecule has 0 bridgehead atoms. The van der Waals surface area contributed by atoms with E-state index < -0.39 is 0 Å². The summed E-state index contributed by atoms with van der Waals surface area (Å²) in [6.07, 6.45) is 5.14. The monoisotopic (exact) mass is 256 g/mol. The summed E-state index contributed by atoms with van der Waals surface area (Å²) in [5, 5.41) is 3.04. The Morgan fingerprint density at radius 3 is 2.93 bits per heavy atom. The summed E-state index contributed by atoms with van der Waals surface area (Å²) in [6, 6.07) is 1.66. The molecule has 0 aliphatic heterocycles. The molecule has 0 fully saturated rings. The summed E-state index contributed by atoms with van der Waals surface area (Å²) in [5.74, 6) is 0.992. The van der Waals surface area contributed by atoms with Crippen LogP contribution in [0.4, 0.5) is 11.8 Å². The summed E-state index contributed by atoms with van der Waals surface area (Å²) >= 11 is 3.25. The molecule has 1 aromatic heterocycles. The highest BCUT2D eigenvalue weighted by atomic mass is 79.9. The van der Waals surface area contributed by atoms with Crippen molar-refractivity contribution in [2.24, 2.45) is 0 Å². The van der Waals surface area contributed by atoms with Gasteiger partial charge in [0.15, 0.2) is 0 Å². The SMILES string of the molecule is CC/C=C/CNc1nc(N)cc(Br)n1. The quantitative estimate of drug-likeness (QED) is 0.641. The molecule has 5 heteroatoms. The molecule has 0 radical (unpaired) electrons. The molecule has 0 unspecified atom stereocenters. The number of halogens is 1. The average Bonchev–Trinajstić information content (AvgIpc) is 2.11. The number of nitrogens with one attached hydrogen (secondary N) is 1. The van der Waals surface area contributed by atoms with Gasteiger partial charge in [-0.2, -0.15) is 4.98 Å². The van der Waals surface area contributed by atoms with E-state index in [0.29, 0.717) is 22.9 Å². The molecule has 3 N–H and O–H groups in total. The van der Waals surface area contributed by atoms with Crippen LogP contribution >= 0.6 is 15.9 Å². The number of hydrogen-bond donors (Lipinski definition) is 2. The van der Waals surface area contributed by atoms with Crippen LogP contribution in [0.2, 0.25) is 0 Å². The van der Waals surface area contributed by atoms with Gasteiger partial charge in [0.05, 0.1) is 0 Å². The highest BCUT2D eigenvalue weighted by molar-refractivity contribution is 9.10. The topological polar surface area (TPSA) is 63.8 Å². The molecule has 4 nitrogen and oxygen atoms in total. The minimum atomic E-state index is 0.453. The lowest BCUT2D eigenvalue weighted by atomic mass is 10.4. The Hall–Kier alpha value is -1.10. The van der Waals surface area contributed by atoms with Crippen LogP contribution in [0.5, 0.6) is 0 Å². The van der Waals surface area contributed by atoms with Crippen molar-refractivity contribution in [1.82, 2.24) is 9.97 Å². The fraction of sp³-hybridized carbons (Fsp3) is 0.333. The van der Waals surface area contributed by atoms with Crippen molar-refractivity contribution in [1.29, 1.82) is 0 Å². The Kier molecular flexibility index (Phi) is 4.39. The maximum atomic E-state index is 5.55. The molecule has 0 spiro atoms. The molecule has 76 valence electrons. The molecule has 0 saturated carbocycles. The van der Waals surface area contributed by atoms with Crippen molar-refractivity contribution in [3.63, 3.8) is 0 Å². The molecule has 0 atom stereocenters. The number of allylic oxidation sites excluding steroid dienone is 1. The first-order valence-corrected chi connectivity index (χ1v) is 5.20. The summed E-state index contributed by atoms with van der Waals surface area (Å²) < 4.78 is 0.687.